The maximum atomic E-state index is 12.8. The Kier molecular flexibility index (Phi) is 5.95. The number of hydrogen-bond donors (Lipinski definition) is 1. The number of para-hydroxylation sites is 1. The summed E-state index contributed by atoms with van der Waals surface area (Å²) in [6.07, 6.45) is 3.41. The number of fused-ring (bicyclic) bond motifs is 1. The van der Waals surface area contributed by atoms with Crippen LogP contribution < -0.4 is 15.0 Å². The molecule has 0 fully saturated rings. The van der Waals surface area contributed by atoms with Gasteiger partial charge in [-0.1, -0.05) is 23.7 Å². The van der Waals surface area contributed by atoms with Gasteiger partial charge in [-0.15, -0.1) is 0 Å². The Morgan fingerprint density at radius 2 is 1.97 bits per heavy atom. The summed E-state index contributed by atoms with van der Waals surface area (Å²) in [5.74, 6) is 1.50. The average Bonchev–Trinajstić information content (AvgIpc) is 2.79. The van der Waals surface area contributed by atoms with Gasteiger partial charge in [0.25, 0.3) is 0 Å². The van der Waals surface area contributed by atoms with Crippen molar-refractivity contribution in [3.05, 3.63) is 72.0 Å². The van der Waals surface area contributed by atoms with Gasteiger partial charge in [-0.25, -0.2) is 9.97 Å². The molecule has 0 radical (unpaired) electrons. The first-order valence-corrected chi connectivity index (χ1v) is 9.94. The van der Waals surface area contributed by atoms with Crippen LogP contribution in [0.2, 0.25) is 5.02 Å². The van der Waals surface area contributed by atoms with Crippen molar-refractivity contribution in [3.63, 3.8) is 0 Å². The summed E-state index contributed by atoms with van der Waals surface area (Å²) in [7, 11) is 3.36. The molecular weight excluding hydrogens is 414 g/mol. The summed E-state index contributed by atoms with van der Waals surface area (Å²) in [6.45, 7) is 0.0726. The topological polar surface area (TPSA) is 80.2 Å². The number of pyridine rings is 1. The Labute approximate surface area is 184 Å². The molecule has 7 nitrogen and oxygen atoms in total. The van der Waals surface area contributed by atoms with E-state index in [2.05, 4.69) is 15.3 Å². The lowest BCUT2D eigenvalue weighted by molar-refractivity contribution is -0.114. The maximum absolute atomic E-state index is 12.8. The summed E-state index contributed by atoms with van der Waals surface area (Å²) in [5.41, 5.74) is 2.10. The number of aromatic nitrogens is 3. The zero-order valence-corrected chi connectivity index (χ0v) is 17.8. The molecule has 4 aromatic rings. The fourth-order valence-corrected chi connectivity index (χ4v) is 3.40. The zero-order chi connectivity index (χ0) is 21.8. The molecule has 31 heavy (non-hydrogen) atoms. The second kappa shape index (κ2) is 8.97. The van der Waals surface area contributed by atoms with Crippen molar-refractivity contribution in [1.29, 1.82) is 0 Å². The van der Waals surface area contributed by atoms with E-state index in [1.807, 2.05) is 43.4 Å². The van der Waals surface area contributed by atoms with Crippen LogP contribution in [0.5, 0.6) is 5.75 Å². The van der Waals surface area contributed by atoms with E-state index in [1.165, 1.54) is 7.11 Å². The van der Waals surface area contributed by atoms with Crippen molar-refractivity contribution in [3.8, 4) is 17.1 Å². The van der Waals surface area contributed by atoms with Gasteiger partial charge in [0, 0.05) is 35.4 Å². The number of ether oxygens (including phenoxy) is 1. The lowest BCUT2D eigenvalue weighted by atomic mass is 10.2. The summed E-state index contributed by atoms with van der Waals surface area (Å²) >= 11 is 6.06. The van der Waals surface area contributed by atoms with Gasteiger partial charge in [0.1, 0.15) is 11.6 Å². The van der Waals surface area contributed by atoms with Crippen LogP contribution in [0.25, 0.3) is 22.3 Å². The predicted octanol–water partition coefficient (Wildman–Crippen LogP) is 4.43. The van der Waals surface area contributed by atoms with E-state index < -0.39 is 0 Å². The minimum absolute atomic E-state index is 0.0726. The van der Waals surface area contributed by atoms with E-state index >= 15 is 0 Å². The van der Waals surface area contributed by atoms with Gasteiger partial charge in [-0.05, 0) is 42.5 Å². The number of halogens is 1. The molecule has 0 aliphatic heterocycles. The lowest BCUT2D eigenvalue weighted by Crippen LogP contribution is -2.31. The molecule has 1 amide bonds. The number of anilines is 2. The Morgan fingerprint density at radius 3 is 2.74 bits per heavy atom. The van der Waals surface area contributed by atoms with Crippen LogP contribution in [0, 0.1) is 0 Å². The molecule has 2 heterocycles. The second-order valence-electron chi connectivity index (χ2n) is 6.88. The lowest BCUT2D eigenvalue weighted by Gasteiger charge is -2.20. The van der Waals surface area contributed by atoms with Gasteiger partial charge >= 0.3 is 0 Å². The van der Waals surface area contributed by atoms with E-state index in [0.29, 0.717) is 28.1 Å². The van der Waals surface area contributed by atoms with Gasteiger partial charge in [0.15, 0.2) is 5.82 Å². The minimum Gasteiger partial charge on any atom is -0.495 e. The van der Waals surface area contributed by atoms with Crippen LogP contribution in [0.1, 0.15) is 0 Å². The number of benzene rings is 2. The monoisotopic (exact) mass is 433 g/mol. The average molecular weight is 434 g/mol. The molecule has 0 aliphatic rings. The summed E-state index contributed by atoms with van der Waals surface area (Å²) in [4.78, 5) is 28.1. The molecule has 0 saturated heterocycles. The number of amides is 1. The van der Waals surface area contributed by atoms with Crippen LogP contribution in [-0.2, 0) is 4.79 Å². The quantitative estimate of drug-likeness (QED) is 0.484. The number of rotatable bonds is 6. The van der Waals surface area contributed by atoms with Crippen molar-refractivity contribution in [2.75, 3.05) is 30.9 Å². The first-order valence-electron chi connectivity index (χ1n) is 9.57. The van der Waals surface area contributed by atoms with Gasteiger partial charge in [-0.3, -0.25) is 9.78 Å². The van der Waals surface area contributed by atoms with Gasteiger partial charge in [-0.2, -0.15) is 0 Å². The number of nitrogens with one attached hydrogen (secondary N) is 1. The molecule has 0 atom stereocenters. The normalized spacial score (nSPS) is 10.7. The number of likely N-dealkylation sites (N-methyl/N-ethyl adjacent to an activating group) is 1. The third-order valence-corrected chi connectivity index (χ3v) is 4.92. The number of nitrogens with zero attached hydrogens (tertiary/aromatic N) is 4. The standard InChI is InChI=1S/C23H20ClN5O2/c1-29(14-21(30)26-19-12-16(24)9-10-20(19)31-2)23-17-7-3-4-8-18(17)27-22(28-23)15-6-5-11-25-13-15/h3-13H,14H2,1-2H3,(H,26,30). The van der Waals surface area contributed by atoms with E-state index in [1.54, 1.807) is 35.5 Å². The maximum Gasteiger partial charge on any atom is 0.244 e. The highest BCUT2D eigenvalue weighted by molar-refractivity contribution is 6.31. The molecule has 0 saturated carbocycles. The second-order valence-corrected chi connectivity index (χ2v) is 7.31. The molecule has 0 bridgehead atoms. The molecule has 1 N–H and O–H groups in total. The van der Waals surface area contributed by atoms with Gasteiger partial charge < -0.3 is 15.0 Å². The Balaban J connectivity index is 1.64. The van der Waals surface area contributed by atoms with Crippen LogP contribution in [0.3, 0.4) is 0 Å². The van der Waals surface area contributed by atoms with Crippen molar-refractivity contribution in [2.24, 2.45) is 0 Å². The van der Waals surface area contributed by atoms with E-state index in [0.717, 1.165) is 16.5 Å². The van der Waals surface area contributed by atoms with Crippen LogP contribution in [0.15, 0.2) is 67.0 Å². The van der Waals surface area contributed by atoms with E-state index in [4.69, 9.17) is 21.3 Å². The van der Waals surface area contributed by atoms with Gasteiger partial charge in [0.2, 0.25) is 5.91 Å². The number of methoxy groups -OCH3 is 1. The Hall–Kier alpha value is -3.71. The molecule has 8 heteroatoms. The molecule has 0 aliphatic carbocycles. The number of carbonyl (C=O) groups excluding carboxylic acids is 1. The van der Waals surface area contributed by atoms with Crippen molar-refractivity contribution < 1.29 is 9.53 Å². The highest BCUT2D eigenvalue weighted by atomic mass is 35.5. The molecule has 156 valence electrons. The predicted molar refractivity (Wildman–Crippen MR) is 123 cm³/mol. The Morgan fingerprint density at radius 1 is 1.13 bits per heavy atom. The largest absolute Gasteiger partial charge is 0.495 e. The first kappa shape index (κ1) is 20.6. The van der Waals surface area contributed by atoms with Crippen molar-refractivity contribution >= 4 is 39.9 Å². The summed E-state index contributed by atoms with van der Waals surface area (Å²) < 4.78 is 5.30. The third-order valence-electron chi connectivity index (χ3n) is 4.68. The summed E-state index contributed by atoms with van der Waals surface area (Å²) in [6, 6.07) is 16.5. The molecule has 2 aromatic heterocycles. The van der Waals surface area contributed by atoms with Crippen LogP contribution in [-0.4, -0.2) is 41.6 Å². The summed E-state index contributed by atoms with van der Waals surface area (Å²) in [5, 5.41) is 4.21. The molecular formula is C23H20ClN5O2. The Bertz CT molecular complexity index is 1230. The van der Waals surface area contributed by atoms with E-state index in [9.17, 15) is 4.79 Å². The van der Waals surface area contributed by atoms with Gasteiger partial charge in [0.05, 0.1) is 24.9 Å². The molecule has 2 aromatic carbocycles. The van der Waals surface area contributed by atoms with E-state index in [-0.39, 0.29) is 12.5 Å². The number of hydrogen-bond acceptors (Lipinski definition) is 6. The third kappa shape index (κ3) is 4.57. The number of carbonyl (C=O) groups is 1. The fraction of sp³-hybridized carbons (Fsp3) is 0.130. The molecule has 0 spiro atoms. The van der Waals surface area contributed by atoms with Crippen molar-refractivity contribution in [2.45, 2.75) is 0 Å². The van der Waals surface area contributed by atoms with Crippen LogP contribution in [0.4, 0.5) is 11.5 Å². The highest BCUT2D eigenvalue weighted by Gasteiger charge is 2.16. The highest BCUT2D eigenvalue weighted by Crippen LogP contribution is 2.29. The smallest absolute Gasteiger partial charge is 0.244 e. The zero-order valence-electron chi connectivity index (χ0n) is 17.0. The molecule has 4 rings (SSSR count). The minimum atomic E-state index is -0.228. The molecule has 0 unspecified atom stereocenters. The van der Waals surface area contributed by atoms with Crippen LogP contribution >= 0.6 is 11.6 Å². The fourth-order valence-electron chi connectivity index (χ4n) is 3.23. The first-order chi connectivity index (χ1) is 15.0. The van der Waals surface area contributed by atoms with Crippen molar-refractivity contribution in [1.82, 2.24) is 15.0 Å². The SMILES string of the molecule is COc1ccc(Cl)cc1NC(=O)CN(C)c1nc(-c2cccnc2)nc2ccccc12.